The Labute approximate surface area is 92.5 Å². The summed E-state index contributed by atoms with van der Waals surface area (Å²) in [5.41, 5.74) is 2.40. The Kier molecular flexibility index (Phi) is 3.89. The molecule has 2 heteroatoms. The van der Waals surface area contributed by atoms with Crippen molar-refractivity contribution in [1.82, 2.24) is 4.90 Å². The lowest BCUT2D eigenvalue weighted by Gasteiger charge is -2.33. The maximum absolute atomic E-state index is 9.24. The molecule has 0 radical (unpaired) electrons. The largest absolute Gasteiger partial charge is 0.394 e. The second kappa shape index (κ2) is 4.77. The van der Waals surface area contributed by atoms with Crippen LogP contribution in [-0.4, -0.2) is 29.2 Å². The molecule has 0 aromatic heterocycles. The van der Waals surface area contributed by atoms with Crippen molar-refractivity contribution in [2.75, 3.05) is 13.7 Å². The van der Waals surface area contributed by atoms with Gasteiger partial charge in [-0.2, -0.15) is 0 Å². The van der Waals surface area contributed by atoms with E-state index in [1.807, 2.05) is 20.9 Å². The van der Waals surface area contributed by atoms with Crippen molar-refractivity contribution in [2.24, 2.45) is 0 Å². The van der Waals surface area contributed by atoms with Gasteiger partial charge in [0.05, 0.1) is 6.61 Å². The van der Waals surface area contributed by atoms with E-state index in [9.17, 15) is 5.11 Å². The molecule has 1 N–H and O–H groups in total. The summed E-state index contributed by atoms with van der Waals surface area (Å²) < 4.78 is 0. The molecule has 0 spiro atoms. The molecule has 0 amide bonds. The normalized spacial score (nSPS) is 12.1. The molecule has 0 unspecified atom stereocenters. The number of aryl methyl sites for hydroxylation is 1. The fraction of sp³-hybridized carbons (Fsp3) is 0.538. The molecule has 84 valence electrons. The third kappa shape index (κ3) is 3.33. The second-order valence-electron chi connectivity index (χ2n) is 4.81. The summed E-state index contributed by atoms with van der Waals surface area (Å²) in [4.78, 5) is 2.16. The summed E-state index contributed by atoms with van der Waals surface area (Å²) in [6, 6.07) is 8.52. The number of likely N-dealkylation sites (N-methyl/N-ethyl adjacent to an activating group) is 1. The molecular weight excluding hydrogens is 186 g/mol. The maximum atomic E-state index is 9.24. The number of rotatable bonds is 4. The van der Waals surface area contributed by atoms with Gasteiger partial charge < -0.3 is 5.11 Å². The second-order valence-corrected chi connectivity index (χ2v) is 4.81. The van der Waals surface area contributed by atoms with Crippen LogP contribution in [-0.2, 0) is 6.54 Å². The van der Waals surface area contributed by atoms with E-state index < -0.39 is 0 Å². The van der Waals surface area contributed by atoms with Crippen LogP contribution in [0.15, 0.2) is 24.3 Å². The topological polar surface area (TPSA) is 23.5 Å². The van der Waals surface area contributed by atoms with Crippen LogP contribution < -0.4 is 0 Å². The molecule has 0 atom stereocenters. The molecule has 0 saturated carbocycles. The molecule has 1 aromatic carbocycles. The highest BCUT2D eigenvalue weighted by atomic mass is 16.3. The highest BCUT2D eigenvalue weighted by Gasteiger charge is 2.21. The summed E-state index contributed by atoms with van der Waals surface area (Å²) in [5.74, 6) is 0. The molecule has 0 saturated heterocycles. The van der Waals surface area contributed by atoms with Crippen molar-refractivity contribution in [1.29, 1.82) is 0 Å². The van der Waals surface area contributed by atoms with Gasteiger partial charge >= 0.3 is 0 Å². The van der Waals surface area contributed by atoms with Crippen LogP contribution in [0, 0.1) is 6.92 Å². The van der Waals surface area contributed by atoms with Gasteiger partial charge in [-0.1, -0.05) is 29.8 Å². The number of hydrogen-bond donors (Lipinski definition) is 1. The molecule has 0 aliphatic rings. The minimum absolute atomic E-state index is 0.162. The van der Waals surface area contributed by atoms with Gasteiger partial charge in [-0.3, -0.25) is 4.90 Å². The van der Waals surface area contributed by atoms with Crippen LogP contribution in [0.4, 0.5) is 0 Å². The van der Waals surface area contributed by atoms with E-state index in [1.54, 1.807) is 0 Å². The van der Waals surface area contributed by atoms with Gasteiger partial charge in [-0.05, 0) is 33.4 Å². The van der Waals surface area contributed by atoms with Crippen LogP contribution in [0.5, 0.6) is 0 Å². The van der Waals surface area contributed by atoms with E-state index in [0.29, 0.717) is 0 Å². The third-order valence-electron chi connectivity index (χ3n) is 2.96. The van der Waals surface area contributed by atoms with Crippen molar-refractivity contribution >= 4 is 0 Å². The van der Waals surface area contributed by atoms with Gasteiger partial charge in [0.15, 0.2) is 0 Å². The Morgan fingerprint density at radius 2 is 1.73 bits per heavy atom. The van der Waals surface area contributed by atoms with Gasteiger partial charge in [0.1, 0.15) is 0 Å². The van der Waals surface area contributed by atoms with Gasteiger partial charge in [0.25, 0.3) is 0 Å². The number of aliphatic hydroxyl groups excluding tert-OH is 1. The molecule has 0 heterocycles. The first kappa shape index (κ1) is 12.2. The summed E-state index contributed by atoms with van der Waals surface area (Å²) in [6.45, 7) is 7.22. The zero-order chi connectivity index (χ0) is 11.5. The fourth-order valence-corrected chi connectivity index (χ4v) is 1.30. The summed E-state index contributed by atoms with van der Waals surface area (Å²) >= 11 is 0. The van der Waals surface area contributed by atoms with E-state index in [0.717, 1.165) is 6.54 Å². The molecule has 15 heavy (non-hydrogen) atoms. The van der Waals surface area contributed by atoms with Gasteiger partial charge in [-0.15, -0.1) is 0 Å². The summed E-state index contributed by atoms with van der Waals surface area (Å²) in [7, 11) is 2.04. The van der Waals surface area contributed by atoms with Crippen LogP contribution in [0.25, 0.3) is 0 Å². The number of nitrogens with zero attached hydrogens (tertiary/aromatic N) is 1. The average Bonchev–Trinajstić information content (AvgIpc) is 2.21. The molecule has 1 rings (SSSR count). The lowest BCUT2D eigenvalue weighted by Crippen LogP contribution is -2.43. The highest BCUT2D eigenvalue weighted by Crippen LogP contribution is 2.15. The molecule has 0 bridgehead atoms. The monoisotopic (exact) mass is 207 g/mol. The number of hydrogen-bond acceptors (Lipinski definition) is 2. The van der Waals surface area contributed by atoms with Crippen molar-refractivity contribution in [2.45, 2.75) is 32.9 Å². The molecule has 2 nitrogen and oxygen atoms in total. The van der Waals surface area contributed by atoms with Crippen molar-refractivity contribution < 1.29 is 5.11 Å². The van der Waals surface area contributed by atoms with Crippen LogP contribution >= 0.6 is 0 Å². The van der Waals surface area contributed by atoms with E-state index in [2.05, 4.69) is 36.1 Å². The van der Waals surface area contributed by atoms with Gasteiger partial charge in [0.2, 0.25) is 0 Å². The SMILES string of the molecule is Cc1ccc(CN(C)C(C)(C)CO)cc1. The zero-order valence-electron chi connectivity index (χ0n) is 10.1. The molecule has 0 aliphatic carbocycles. The lowest BCUT2D eigenvalue weighted by molar-refractivity contribution is 0.0734. The number of benzene rings is 1. The average molecular weight is 207 g/mol. The van der Waals surface area contributed by atoms with E-state index in [1.165, 1.54) is 11.1 Å². The molecule has 1 aromatic rings. The predicted molar refractivity (Wildman–Crippen MR) is 63.8 cm³/mol. The van der Waals surface area contributed by atoms with Gasteiger partial charge in [0, 0.05) is 12.1 Å². The molecule has 0 fully saturated rings. The first-order valence-corrected chi connectivity index (χ1v) is 5.33. The lowest BCUT2D eigenvalue weighted by atomic mass is 10.0. The third-order valence-corrected chi connectivity index (χ3v) is 2.96. The smallest absolute Gasteiger partial charge is 0.0610 e. The van der Waals surface area contributed by atoms with Crippen molar-refractivity contribution in [3.63, 3.8) is 0 Å². The zero-order valence-corrected chi connectivity index (χ0v) is 10.1. The minimum atomic E-state index is -0.162. The summed E-state index contributed by atoms with van der Waals surface area (Å²) in [6.07, 6.45) is 0. The summed E-state index contributed by atoms with van der Waals surface area (Å²) in [5, 5.41) is 9.24. The molecule has 0 aliphatic heterocycles. The van der Waals surface area contributed by atoms with Crippen molar-refractivity contribution in [3.05, 3.63) is 35.4 Å². The van der Waals surface area contributed by atoms with E-state index >= 15 is 0 Å². The molecular formula is C13H21NO. The first-order valence-electron chi connectivity index (χ1n) is 5.33. The first-order chi connectivity index (χ1) is 6.95. The Balaban J connectivity index is 2.66. The fourth-order valence-electron chi connectivity index (χ4n) is 1.30. The van der Waals surface area contributed by atoms with E-state index in [4.69, 9.17) is 0 Å². The van der Waals surface area contributed by atoms with Gasteiger partial charge in [-0.25, -0.2) is 0 Å². The predicted octanol–water partition coefficient (Wildman–Crippen LogP) is 2.20. The Bertz CT molecular complexity index is 303. The van der Waals surface area contributed by atoms with E-state index in [-0.39, 0.29) is 12.1 Å². The van der Waals surface area contributed by atoms with Crippen LogP contribution in [0.2, 0.25) is 0 Å². The number of aliphatic hydroxyl groups is 1. The Hall–Kier alpha value is -0.860. The Morgan fingerprint density at radius 1 is 1.20 bits per heavy atom. The minimum Gasteiger partial charge on any atom is -0.394 e. The quantitative estimate of drug-likeness (QED) is 0.818. The van der Waals surface area contributed by atoms with Crippen molar-refractivity contribution in [3.8, 4) is 0 Å². The standard InChI is InChI=1S/C13H21NO/c1-11-5-7-12(8-6-11)9-14(4)13(2,3)10-15/h5-8,15H,9-10H2,1-4H3. The maximum Gasteiger partial charge on any atom is 0.0610 e. The Morgan fingerprint density at radius 3 is 2.20 bits per heavy atom. The highest BCUT2D eigenvalue weighted by molar-refractivity contribution is 5.21. The van der Waals surface area contributed by atoms with Crippen LogP contribution in [0.3, 0.4) is 0 Å². The van der Waals surface area contributed by atoms with Crippen LogP contribution in [0.1, 0.15) is 25.0 Å².